The molecule has 0 aliphatic rings. The molecule has 0 saturated heterocycles. The lowest BCUT2D eigenvalue weighted by atomic mass is 9.87. The van der Waals surface area contributed by atoms with Crippen LogP contribution in [0.3, 0.4) is 0 Å². The van der Waals surface area contributed by atoms with E-state index in [0.29, 0.717) is 11.4 Å². The molecule has 0 fully saturated rings. The van der Waals surface area contributed by atoms with Crippen LogP contribution in [-0.4, -0.2) is 27.5 Å². The van der Waals surface area contributed by atoms with E-state index in [1.165, 1.54) is 23.8 Å². The number of carbonyl (C=O) groups excluding carboxylic acids is 1. The standard InChI is InChI=1S/C27H31ClN2O4S/c1-18-6-7-19(2)24(16-18)30-35(32,33)25-17-20(8-13-23(25)28)26(31)29-14-15-34-22-11-9-21(10-12-22)27(3,4)5/h6-13,16-17,30H,14-15H2,1-5H3,(H,29,31). The van der Waals surface area contributed by atoms with Gasteiger partial charge in [-0.3, -0.25) is 9.52 Å². The van der Waals surface area contributed by atoms with Gasteiger partial charge < -0.3 is 10.1 Å². The number of hydrogen-bond acceptors (Lipinski definition) is 4. The molecule has 6 nitrogen and oxygen atoms in total. The maximum absolute atomic E-state index is 13.0. The van der Waals surface area contributed by atoms with Gasteiger partial charge in [0.05, 0.1) is 17.3 Å². The Morgan fingerprint density at radius 2 is 1.66 bits per heavy atom. The van der Waals surface area contributed by atoms with Gasteiger partial charge in [0, 0.05) is 5.56 Å². The van der Waals surface area contributed by atoms with Crippen LogP contribution < -0.4 is 14.8 Å². The quantitative estimate of drug-likeness (QED) is 0.368. The second-order valence-corrected chi connectivity index (χ2v) is 11.5. The van der Waals surface area contributed by atoms with Crippen LogP contribution in [0.5, 0.6) is 5.75 Å². The molecule has 186 valence electrons. The fourth-order valence-corrected chi connectivity index (χ4v) is 5.03. The lowest BCUT2D eigenvalue weighted by Crippen LogP contribution is -2.28. The van der Waals surface area contributed by atoms with Crippen molar-refractivity contribution in [3.05, 3.63) is 87.9 Å². The Hall–Kier alpha value is -3.03. The minimum absolute atomic E-state index is 0.0291. The topological polar surface area (TPSA) is 84.5 Å². The predicted octanol–water partition coefficient (Wildman–Crippen LogP) is 5.86. The van der Waals surface area contributed by atoms with Gasteiger partial charge in [0.1, 0.15) is 17.3 Å². The second kappa shape index (κ2) is 10.7. The smallest absolute Gasteiger partial charge is 0.263 e. The molecule has 0 atom stereocenters. The zero-order valence-electron chi connectivity index (χ0n) is 20.6. The molecular formula is C27H31ClN2O4S. The number of rotatable bonds is 8. The molecule has 2 N–H and O–H groups in total. The molecule has 0 spiro atoms. The van der Waals surface area contributed by atoms with Gasteiger partial charge in [-0.25, -0.2) is 8.42 Å². The second-order valence-electron chi connectivity index (χ2n) is 9.45. The molecule has 0 bridgehead atoms. The molecule has 0 saturated carbocycles. The first-order chi connectivity index (χ1) is 16.4. The summed E-state index contributed by atoms with van der Waals surface area (Å²) in [7, 11) is -4.00. The van der Waals surface area contributed by atoms with E-state index in [1.54, 1.807) is 6.07 Å². The van der Waals surface area contributed by atoms with Gasteiger partial charge in [0.2, 0.25) is 0 Å². The van der Waals surface area contributed by atoms with Crippen molar-refractivity contribution in [2.24, 2.45) is 0 Å². The van der Waals surface area contributed by atoms with Crippen LogP contribution in [0.25, 0.3) is 0 Å². The number of nitrogens with one attached hydrogen (secondary N) is 2. The predicted molar refractivity (Wildman–Crippen MR) is 141 cm³/mol. The average molecular weight is 515 g/mol. The third kappa shape index (κ3) is 6.99. The number of carbonyl (C=O) groups is 1. The highest BCUT2D eigenvalue weighted by atomic mass is 35.5. The Morgan fingerprint density at radius 3 is 2.31 bits per heavy atom. The van der Waals surface area contributed by atoms with Gasteiger partial charge in [-0.1, -0.05) is 56.6 Å². The van der Waals surface area contributed by atoms with Crippen molar-refractivity contribution in [3.8, 4) is 5.75 Å². The van der Waals surface area contributed by atoms with Gasteiger partial charge in [-0.05, 0) is 72.4 Å². The van der Waals surface area contributed by atoms with E-state index >= 15 is 0 Å². The number of aryl methyl sites for hydroxylation is 2. The summed E-state index contributed by atoms with van der Waals surface area (Å²) >= 11 is 6.19. The number of anilines is 1. The third-order valence-electron chi connectivity index (χ3n) is 5.50. The number of benzene rings is 3. The fourth-order valence-electron chi connectivity index (χ4n) is 3.38. The summed E-state index contributed by atoms with van der Waals surface area (Å²) in [5, 5.41) is 2.78. The lowest BCUT2D eigenvalue weighted by Gasteiger charge is -2.19. The highest BCUT2D eigenvalue weighted by Crippen LogP contribution is 2.27. The number of hydrogen-bond donors (Lipinski definition) is 2. The van der Waals surface area contributed by atoms with Crippen LogP contribution in [0.4, 0.5) is 5.69 Å². The molecule has 3 rings (SSSR count). The molecule has 0 aromatic heterocycles. The normalized spacial score (nSPS) is 11.7. The minimum Gasteiger partial charge on any atom is -0.492 e. The molecular weight excluding hydrogens is 484 g/mol. The van der Waals surface area contributed by atoms with E-state index in [1.807, 2.05) is 50.2 Å². The maximum Gasteiger partial charge on any atom is 0.263 e. The molecule has 0 unspecified atom stereocenters. The van der Waals surface area contributed by atoms with Crippen molar-refractivity contribution < 1.29 is 17.9 Å². The van der Waals surface area contributed by atoms with E-state index in [0.717, 1.165) is 11.1 Å². The fraction of sp³-hybridized carbons (Fsp3) is 0.296. The van der Waals surface area contributed by atoms with E-state index in [4.69, 9.17) is 16.3 Å². The van der Waals surface area contributed by atoms with Crippen molar-refractivity contribution in [3.63, 3.8) is 0 Å². The van der Waals surface area contributed by atoms with Gasteiger partial charge in [0.15, 0.2) is 0 Å². The summed E-state index contributed by atoms with van der Waals surface area (Å²) in [5.41, 5.74) is 3.61. The molecule has 0 heterocycles. The van der Waals surface area contributed by atoms with Crippen molar-refractivity contribution in [1.82, 2.24) is 5.32 Å². The molecule has 35 heavy (non-hydrogen) atoms. The Kier molecular flexibility index (Phi) is 8.13. The molecule has 0 aliphatic carbocycles. The molecule has 3 aromatic carbocycles. The summed E-state index contributed by atoms with van der Waals surface area (Å²) in [6, 6.07) is 17.5. The summed E-state index contributed by atoms with van der Waals surface area (Å²) in [5.74, 6) is 0.293. The first kappa shape index (κ1) is 26.6. The van der Waals surface area contributed by atoms with Gasteiger partial charge in [0.25, 0.3) is 15.9 Å². The van der Waals surface area contributed by atoms with E-state index < -0.39 is 15.9 Å². The Morgan fingerprint density at radius 1 is 0.971 bits per heavy atom. The Balaban J connectivity index is 1.63. The van der Waals surface area contributed by atoms with Crippen LogP contribution in [-0.2, 0) is 15.4 Å². The van der Waals surface area contributed by atoms with Gasteiger partial charge in [-0.2, -0.15) is 0 Å². The molecule has 3 aromatic rings. The summed E-state index contributed by atoms with van der Waals surface area (Å²) in [6.07, 6.45) is 0. The first-order valence-electron chi connectivity index (χ1n) is 11.3. The number of sulfonamides is 1. The first-order valence-corrected chi connectivity index (χ1v) is 13.1. The summed E-state index contributed by atoms with van der Waals surface area (Å²) in [6.45, 7) is 10.6. The average Bonchev–Trinajstić information content (AvgIpc) is 2.78. The van der Waals surface area contributed by atoms with Gasteiger partial charge >= 0.3 is 0 Å². The number of ether oxygens (including phenoxy) is 1. The van der Waals surface area contributed by atoms with E-state index in [-0.39, 0.29) is 34.0 Å². The lowest BCUT2D eigenvalue weighted by molar-refractivity contribution is 0.0946. The Bertz CT molecular complexity index is 1310. The van der Waals surface area contributed by atoms with Crippen molar-refractivity contribution in [2.75, 3.05) is 17.9 Å². The van der Waals surface area contributed by atoms with Gasteiger partial charge in [-0.15, -0.1) is 0 Å². The van der Waals surface area contributed by atoms with Crippen LogP contribution in [0.15, 0.2) is 65.6 Å². The zero-order valence-corrected chi connectivity index (χ0v) is 22.2. The minimum atomic E-state index is -4.00. The molecule has 1 amide bonds. The Labute approximate surface area is 212 Å². The van der Waals surface area contributed by atoms with Crippen molar-refractivity contribution in [1.29, 1.82) is 0 Å². The number of amides is 1. The molecule has 0 radical (unpaired) electrons. The van der Waals surface area contributed by atoms with Crippen molar-refractivity contribution in [2.45, 2.75) is 44.9 Å². The van der Waals surface area contributed by atoms with E-state index in [2.05, 4.69) is 30.8 Å². The zero-order chi connectivity index (χ0) is 25.8. The highest BCUT2D eigenvalue weighted by Gasteiger charge is 2.21. The largest absolute Gasteiger partial charge is 0.492 e. The molecule has 0 aliphatic heterocycles. The SMILES string of the molecule is Cc1ccc(C)c(NS(=O)(=O)c2cc(C(=O)NCCOc3ccc(C(C)(C)C)cc3)ccc2Cl)c1. The monoisotopic (exact) mass is 514 g/mol. The van der Waals surface area contributed by atoms with Crippen molar-refractivity contribution >= 4 is 33.2 Å². The van der Waals surface area contributed by atoms with Crippen LogP contribution in [0.2, 0.25) is 5.02 Å². The summed E-state index contributed by atoms with van der Waals surface area (Å²) in [4.78, 5) is 12.5. The molecule has 8 heteroatoms. The number of halogens is 1. The third-order valence-corrected chi connectivity index (χ3v) is 7.34. The van der Waals surface area contributed by atoms with E-state index in [9.17, 15) is 13.2 Å². The van der Waals surface area contributed by atoms with Crippen LogP contribution in [0, 0.1) is 13.8 Å². The summed E-state index contributed by atoms with van der Waals surface area (Å²) < 4.78 is 34.3. The van der Waals surface area contributed by atoms with Crippen LogP contribution >= 0.6 is 11.6 Å². The maximum atomic E-state index is 13.0. The highest BCUT2D eigenvalue weighted by molar-refractivity contribution is 7.92. The van der Waals surface area contributed by atoms with Crippen LogP contribution in [0.1, 0.15) is 47.8 Å².